The van der Waals surface area contributed by atoms with Gasteiger partial charge in [-0.2, -0.15) is 11.1 Å². The van der Waals surface area contributed by atoms with Gasteiger partial charge in [0.15, 0.2) is 6.90 Å². The van der Waals surface area contributed by atoms with Crippen molar-refractivity contribution in [3.63, 3.8) is 0 Å². The van der Waals surface area contributed by atoms with E-state index < -0.39 is 29.7 Å². The van der Waals surface area contributed by atoms with Gasteiger partial charge in [-0.1, -0.05) is 67.7 Å². The molecule has 1 heterocycles. The Kier molecular flexibility index (Phi) is 6.12. The summed E-state index contributed by atoms with van der Waals surface area (Å²) >= 11 is 17.4. The summed E-state index contributed by atoms with van der Waals surface area (Å²) in [5, 5.41) is 0.766. The van der Waals surface area contributed by atoms with Crippen molar-refractivity contribution in [2.45, 2.75) is 151 Å². The Morgan fingerprint density at radius 1 is 0.564 bits per heavy atom. The normalized spacial score (nSPS) is 54.2. The molecular formula is C33H60Cl2Si4. The first-order valence-electron chi connectivity index (χ1n) is 17.1. The largest absolute Gasteiger partial charge is 0.170 e. The molecule has 0 aromatic carbocycles. The number of hydrogen-bond acceptors (Lipinski definition) is 0. The van der Waals surface area contributed by atoms with Gasteiger partial charge in [-0.3, -0.25) is 0 Å². The van der Waals surface area contributed by atoms with E-state index >= 15 is 0 Å². The van der Waals surface area contributed by atoms with E-state index in [1.54, 1.807) is 64.2 Å². The second-order valence-corrected chi connectivity index (χ2v) is 52.8. The number of rotatable bonds is 3. The van der Waals surface area contributed by atoms with E-state index in [1.165, 1.54) is 0 Å². The fourth-order valence-corrected chi connectivity index (χ4v) is 97.3. The van der Waals surface area contributed by atoms with Crippen molar-refractivity contribution in [3.8, 4) is 0 Å². The van der Waals surface area contributed by atoms with Gasteiger partial charge in [0.05, 0.1) is 15.2 Å². The molecule has 9 fully saturated rings. The second kappa shape index (κ2) is 8.18. The van der Waals surface area contributed by atoms with E-state index in [9.17, 15) is 11.1 Å². The molecule has 222 valence electrons. The van der Waals surface area contributed by atoms with Gasteiger partial charge in [-0.25, -0.2) is 0 Å². The molecule has 0 N–H and O–H groups in total. The summed E-state index contributed by atoms with van der Waals surface area (Å²) in [4.78, 5) is 0. The third-order valence-electron chi connectivity index (χ3n) is 17.3. The highest BCUT2D eigenvalue weighted by atomic mass is 35.6. The van der Waals surface area contributed by atoms with E-state index in [0.717, 1.165) is 52.8 Å². The van der Waals surface area contributed by atoms with Crippen LogP contribution in [0.5, 0.6) is 0 Å². The van der Waals surface area contributed by atoms with E-state index in [2.05, 4.69) is 67.7 Å². The van der Waals surface area contributed by atoms with Crippen LogP contribution < -0.4 is 0 Å². The number of alkyl halides is 1. The van der Waals surface area contributed by atoms with Crippen LogP contribution in [-0.2, 0) is 0 Å². The van der Waals surface area contributed by atoms with Crippen LogP contribution in [0.25, 0.3) is 0 Å². The molecule has 8 aliphatic carbocycles. The van der Waals surface area contributed by atoms with E-state index in [1.807, 2.05) is 0 Å². The van der Waals surface area contributed by atoms with Crippen molar-refractivity contribution in [1.29, 1.82) is 0 Å². The third-order valence-corrected chi connectivity index (χ3v) is 75.7. The Morgan fingerprint density at radius 2 is 0.846 bits per heavy atom. The molecule has 1 saturated heterocycles. The predicted octanol–water partition coefficient (Wildman–Crippen LogP) is 11.1. The monoisotopic (exact) mass is 638 g/mol. The van der Waals surface area contributed by atoms with Gasteiger partial charge in [0, 0.05) is 13.1 Å². The molecule has 0 unspecified atom stereocenters. The molecule has 0 radical (unpaired) electrons. The van der Waals surface area contributed by atoms with Gasteiger partial charge >= 0.3 is 0 Å². The third kappa shape index (κ3) is 2.80. The lowest BCUT2D eigenvalue weighted by atomic mass is 9.54. The fourth-order valence-electron chi connectivity index (χ4n) is 15.2. The fraction of sp³-hybridized carbons (Fsp3) is 1.00. The summed E-state index contributed by atoms with van der Waals surface area (Å²) < 4.78 is 1.05. The smallest absolute Gasteiger partial charge is 0.155 e. The topological polar surface area (TPSA) is 0 Å². The van der Waals surface area contributed by atoms with Crippen LogP contribution in [0, 0.1) is 47.3 Å². The Bertz CT molecular complexity index is 943. The molecule has 1 aliphatic heterocycles. The van der Waals surface area contributed by atoms with Crippen LogP contribution in [-0.4, -0.2) is 35.2 Å². The van der Waals surface area contributed by atoms with E-state index in [0.29, 0.717) is 19.4 Å². The maximum Gasteiger partial charge on any atom is 0.155 e. The summed E-state index contributed by atoms with van der Waals surface area (Å²) in [6.45, 7) is 25.3. The molecule has 0 atom stereocenters. The predicted molar refractivity (Wildman–Crippen MR) is 182 cm³/mol. The molecule has 9 aliphatic rings. The van der Waals surface area contributed by atoms with Gasteiger partial charge in [-0.05, 0) is 131 Å². The van der Waals surface area contributed by atoms with Crippen LogP contribution in [0.1, 0.15) is 106 Å². The molecular weight excluding hydrogens is 580 g/mol. The molecule has 2 spiro atoms. The molecule has 6 heteroatoms. The van der Waals surface area contributed by atoms with Crippen LogP contribution in [0.15, 0.2) is 0 Å². The van der Waals surface area contributed by atoms with Crippen molar-refractivity contribution >= 4 is 52.4 Å². The molecule has 0 aromatic heterocycles. The standard InChI is InChI=1S/C33H60Cl2Si4/c1-30(2,3)36(7,8)38(21-34)32(26-13-22-11-23(15-26)16-27(32)14-22)39(35,37(9,10)31(4,5)6)33(38)28-17-24-12-25(19-28)20-29(33)18-24/h22-29H,11-21H2,1-10H3. The lowest BCUT2D eigenvalue weighted by molar-refractivity contribution is -0.0417. The molecule has 0 nitrogen and oxygen atoms in total. The SMILES string of the molecule is CC(C)(C)[Si](C)(C)[Si]1(Cl)C2(C3CC4CC(C3)CC2C4)[Si](CCl)([Si](C)(C)C(C)(C)C)C12C1CC3CC(C1)CC2C3. The quantitative estimate of drug-likeness (QED) is 0.164. The van der Waals surface area contributed by atoms with Crippen LogP contribution in [0.3, 0.4) is 0 Å². The molecule has 0 aromatic rings. The van der Waals surface area contributed by atoms with Crippen LogP contribution in [0.2, 0.25) is 45.6 Å². The highest BCUT2D eigenvalue weighted by Crippen LogP contribution is 2.96. The lowest BCUT2D eigenvalue weighted by Gasteiger charge is -2.95. The van der Waals surface area contributed by atoms with Crippen LogP contribution in [0.4, 0.5) is 0 Å². The van der Waals surface area contributed by atoms with Crippen molar-refractivity contribution < 1.29 is 0 Å². The Morgan fingerprint density at radius 3 is 1.08 bits per heavy atom. The summed E-state index contributed by atoms with van der Waals surface area (Å²) in [7, 11) is -5.68. The van der Waals surface area contributed by atoms with Gasteiger partial charge in [0.2, 0.25) is 0 Å². The highest BCUT2D eigenvalue weighted by molar-refractivity contribution is 7.75. The molecule has 0 amide bonds. The molecule has 8 saturated carbocycles. The van der Waals surface area contributed by atoms with E-state index in [-0.39, 0.29) is 0 Å². The minimum Gasteiger partial charge on any atom is -0.170 e. The van der Waals surface area contributed by atoms with Gasteiger partial charge in [0.1, 0.15) is 0 Å². The van der Waals surface area contributed by atoms with Crippen LogP contribution >= 0.6 is 22.7 Å². The van der Waals surface area contributed by atoms with E-state index in [4.69, 9.17) is 11.6 Å². The second-order valence-electron chi connectivity index (χ2n) is 19.8. The summed E-state index contributed by atoms with van der Waals surface area (Å²) in [6, 6.07) is 0. The maximum atomic E-state index is 9.40. The van der Waals surface area contributed by atoms with Gasteiger partial charge in [-0.15, -0.1) is 11.6 Å². The maximum absolute atomic E-state index is 9.40. The average molecular weight is 640 g/mol. The van der Waals surface area contributed by atoms with Crippen molar-refractivity contribution in [3.05, 3.63) is 0 Å². The first-order chi connectivity index (χ1) is 17.9. The Labute approximate surface area is 255 Å². The average Bonchev–Trinajstić information content (AvgIpc) is 2.78. The number of hydrogen-bond donors (Lipinski definition) is 0. The molecule has 8 bridgehead atoms. The van der Waals surface area contributed by atoms with Crippen molar-refractivity contribution in [2.75, 3.05) is 5.50 Å². The first kappa shape index (κ1) is 29.2. The summed E-state index contributed by atoms with van der Waals surface area (Å²) in [5.74, 6) is 7.83. The minimum absolute atomic E-state index is 0.366. The Balaban J connectivity index is 1.61. The minimum atomic E-state index is -2.29. The zero-order valence-electron chi connectivity index (χ0n) is 27.2. The van der Waals surface area contributed by atoms with Crippen molar-refractivity contribution in [2.24, 2.45) is 47.3 Å². The van der Waals surface area contributed by atoms with Crippen molar-refractivity contribution in [1.82, 2.24) is 0 Å². The molecule has 9 rings (SSSR count). The number of halogens is 2. The Hall–Kier alpha value is 1.45. The zero-order valence-corrected chi connectivity index (χ0v) is 32.7. The van der Waals surface area contributed by atoms with Gasteiger partial charge < -0.3 is 0 Å². The van der Waals surface area contributed by atoms with Gasteiger partial charge in [0.25, 0.3) is 0 Å². The molecule has 39 heavy (non-hydrogen) atoms. The first-order valence-corrected chi connectivity index (χ1v) is 30.9. The lowest BCUT2D eigenvalue weighted by Crippen LogP contribution is -3.04. The zero-order chi connectivity index (χ0) is 28.4. The summed E-state index contributed by atoms with van der Waals surface area (Å²) in [6.07, 6.45) is 15.4. The highest BCUT2D eigenvalue weighted by Gasteiger charge is 3.00. The summed E-state index contributed by atoms with van der Waals surface area (Å²) in [5.41, 5.74) is 1.07.